The van der Waals surface area contributed by atoms with Gasteiger partial charge in [-0.15, -0.1) is 0 Å². The summed E-state index contributed by atoms with van der Waals surface area (Å²) in [5.41, 5.74) is 3.65. The highest BCUT2D eigenvalue weighted by atomic mass is 16.5. The van der Waals surface area contributed by atoms with E-state index in [0.29, 0.717) is 16.8 Å². The fourth-order valence-corrected chi connectivity index (χ4v) is 3.68. The standard InChI is InChI=1S/C22H23N3O4/c1-13-7-9-15(10-8-13)18-11-17(20-14(2)25-29-21(20)24-18)22(27)28-12-19(26)23-16-5-3-4-6-16/h7-11,16H,3-6,12H2,1-2H3,(H,23,26). The van der Waals surface area contributed by atoms with Crippen molar-refractivity contribution in [1.29, 1.82) is 0 Å². The number of hydrogen-bond donors (Lipinski definition) is 1. The van der Waals surface area contributed by atoms with Crippen LogP contribution < -0.4 is 5.32 Å². The summed E-state index contributed by atoms with van der Waals surface area (Å²) in [5, 5.41) is 7.34. The molecule has 0 spiro atoms. The highest BCUT2D eigenvalue weighted by molar-refractivity contribution is 6.04. The Balaban J connectivity index is 1.57. The second-order valence-electron chi connectivity index (χ2n) is 7.49. The zero-order valence-corrected chi connectivity index (χ0v) is 16.5. The number of benzene rings is 1. The lowest BCUT2D eigenvalue weighted by molar-refractivity contribution is -0.124. The lowest BCUT2D eigenvalue weighted by Gasteiger charge is -2.12. The number of esters is 1. The van der Waals surface area contributed by atoms with Gasteiger partial charge < -0.3 is 14.6 Å². The summed E-state index contributed by atoms with van der Waals surface area (Å²) in [7, 11) is 0. The lowest BCUT2D eigenvalue weighted by atomic mass is 10.0. The lowest BCUT2D eigenvalue weighted by Crippen LogP contribution is -2.35. The number of rotatable bonds is 5. The quantitative estimate of drug-likeness (QED) is 0.664. The summed E-state index contributed by atoms with van der Waals surface area (Å²) < 4.78 is 10.6. The smallest absolute Gasteiger partial charge is 0.339 e. The van der Waals surface area contributed by atoms with Crippen LogP contribution in [0.15, 0.2) is 34.9 Å². The van der Waals surface area contributed by atoms with Crippen LogP contribution in [-0.4, -0.2) is 34.7 Å². The zero-order valence-electron chi connectivity index (χ0n) is 16.5. The molecule has 1 saturated carbocycles. The Morgan fingerprint density at radius 3 is 2.62 bits per heavy atom. The molecule has 2 aromatic heterocycles. The van der Waals surface area contributed by atoms with Crippen molar-refractivity contribution in [2.24, 2.45) is 0 Å². The first kappa shape index (κ1) is 19.1. The Morgan fingerprint density at radius 1 is 1.17 bits per heavy atom. The van der Waals surface area contributed by atoms with Crippen LogP contribution in [0.2, 0.25) is 0 Å². The SMILES string of the molecule is Cc1ccc(-c2cc(C(=O)OCC(=O)NC3CCCC3)c3c(C)noc3n2)cc1. The maximum Gasteiger partial charge on any atom is 0.339 e. The number of ether oxygens (including phenoxy) is 1. The molecular formula is C22H23N3O4. The highest BCUT2D eigenvalue weighted by Gasteiger charge is 2.22. The average molecular weight is 393 g/mol. The summed E-state index contributed by atoms with van der Waals surface area (Å²) in [6, 6.07) is 9.64. The summed E-state index contributed by atoms with van der Waals surface area (Å²) >= 11 is 0. The van der Waals surface area contributed by atoms with Gasteiger partial charge >= 0.3 is 5.97 Å². The molecule has 1 aromatic carbocycles. The van der Waals surface area contributed by atoms with Crippen LogP contribution in [0.25, 0.3) is 22.4 Å². The third-order valence-electron chi connectivity index (χ3n) is 5.24. The molecule has 3 aromatic rings. The number of hydrogen-bond acceptors (Lipinski definition) is 6. The maximum absolute atomic E-state index is 12.8. The van der Waals surface area contributed by atoms with Crippen molar-refractivity contribution in [2.75, 3.05) is 6.61 Å². The monoisotopic (exact) mass is 393 g/mol. The second-order valence-corrected chi connectivity index (χ2v) is 7.49. The van der Waals surface area contributed by atoms with Crippen LogP contribution in [0.1, 0.15) is 47.3 Å². The van der Waals surface area contributed by atoms with E-state index >= 15 is 0 Å². The van der Waals surface area contributed by atoms with Crippen molar-refractivity contribution in [3.8, 4) is 11.3 Å². The molecule has 0 saturated heterocycles. The Kier molecular flexibility index (Phi) is 5.29. The third-order valence-corrected chi connectivity index (χ3v) is 5.24. The van der Waals surface area contributed by atoms with Crippen molar-refractivity contribution in [3.05, 3.63) is 47.2 Å². The summed E-state index contributed by atoms with van der Waals surface area (Å²) in [6.07, 6.45) is 4.19. The van der Waals surface area contributed by atoms with E-state index in [0.717, 1.165) is 36.8 Å². The number of carbonyl (C=O) groups is 2. The van der Waals surface area contributed by atoms with E-state index in [1.807, 2.05) is 31.2 Å². The Hall–Kier alpha value is -3.22. The Bertz CT molecular complexity index is 1050. The molecule has 29 heavy (non-hydrogen) atoms. The van der Waals surface area contributed by atoms with Gasteiger partial charge in [-0.05, 0) is 32.8 Å². The van der Waals surface area contributed by atoms with Crippen LogP contribution in [-0.2, 0) is 9.53 Å². The van der Waals surface area contributed by atoms with E-state index in [1.54, 1.807) is 13.0 Å². The van der Waals surface area contributed by atoms with Gasteiger partial charge in [0.1, 0.15) is 0 Å². The van der Waals surface area contributed by atoms with Gasteiger partial charge in [0.15, 0.2) is 6.61 Å². The Morgan fingerprint density at radius 2 is 1.90 bits per heavy atom. The number of aromatic nitrogens is 2. The van der Waals surface area contributed by atoms with Crippen LogP contribution in [0.3, 0.4) is 0 Å². The molecule has 1 aliphatic rings. The number of carbonyl (C=O) groups excluding carboxylic acids is 2. The summed E-state index contributed by atoms with van der Waals surface area (Å²) in [4.78, 5) is 29.4. The molecule has 1 fully saturated rings. The first-order valence-electron chi connectivity index (χ1n) is 9.82. The molecule has 2 heterocycles. The van der Waals surface area contributed by atoms with E-state index in [2.05, 4.69) is 15.5 Å². The van der Waals surface area contributed by atoms with E-state index in [4.69, 9.17) is 9.26 Å². The zero-order chi connectivity index (χ0) is 20.4. The third kappa shape index (κ3) is 4.13. The molecule has 0 radical (unpaired) electrons. The minimum absolute atomic E-state index is 0.183. The van der Waals surface area contributed by atoms with Gasteiger partial charge in [0.25, 0.3) is 11.6 Å². The van der Waals surface area contributed by atoms with Crippen molar-refractivity contribution < 1.29 is 18.8 Å². The number of pyridine rings is 1. The largest absolute Gasteiger partial charge is 0.452 e. The predicted octanol–water partition coefficient (Wildman–Crippen LogP) is 3.72. The second kappa shape index (κ2) is 8.03. The number of amides is 1. The van der Waals surface area contributed by atoms with Crippen molar-refractivity contribution in [1.82, 2.24) is 15.5 Å². The van der Waals surface area contributed by atoms with E-state index < -0.39 is 5.97 Å². The summed E-state index contributed by atoms with van der Waals surface area (Å²) in [6.45, 7) is 3.42. The maximum atomic E-state index is 12.8. The fraction of sp³-hybridized carbons (Fsp3) is 0.364. The molecular weight excluding hydrogens is 370 g/mol. The van der Waals surface area contributed by atoms with Crippen LogP contribution in [0.4, 0.5) is 0 Å². The molecule has 7 nitrogen and oxygen atoms in total. The molecule has 0 unspecified atom stereocenters. The van der Waals surface area contributed by atoms with Crippen molar-refractivity contribution >= 4 is 23.0 Å². The highest BCUT2D eigenvalue weighted by Crippen LogP contribution is 2.27. The van der Waals surface area contributed by atoms with Crippen molar-refractivity contribution in [3.63, 3.8) is 0 Å². The molecule has 1 aliphatic carbocycles. The average Bonchev–Trinajstić information content (AvgIpc) is 3.36. The van der Waals surface area contributed by atoms with Gasteiger partial charge in [-0.2, -0.15) is 0 Å². The van der Waals surface area contributed by atoms with Gasteiger partial charge in [-0.25, -0.2) is 9.78 Å². The molecule has 7 heteroatoms. The topological polar surface area (TPSA) is 94.3 Å². The van der Waals surface area contributed by atoms with Crippen LogP contribution in [0.5, 0.6) is 0 Å². The molecule has 0 atom stereocenters. The fourth-order valence-electron chi connectivity index (χ4n) is 3.68. The number of aryl methyl sites for hydroxylation is 2. The first-order valence-corrected chi connectivity index (χ1v) is 9.82. The predicted molar refractivity (Wildman–Crippen MR) is 107 cm³/mol. The van der Waals surface area contributed by atoms with Gasteiger partial charge in [-0.3, -0.25) is 4.79 Å². The molecule has 150 valence electrons. The van der Waals surface area contributed by atoms with Gasteiger partial charge in [-0.1, -0.05) is 47.8 Å². The van der Waals surface area contributed by atoms with Gasteiger partial charge in [0.05, 0.1) is 22.3 Å². The molecule has 1 N–H and O–H groups in total. The number of nitrogens with zero attached hydrogens (tertiary/aromatic N) is 2. The minimum atomic E-state index is -0.598. The van der Waals surface area contributed by atoms with Gasteiger partial charge in [0.2, 0.25) is 0 Å². The summed E-state index contributed by atoms with van der Waals surface area (Å²) in [5.74, 6) is -0.880. The van der Waals surface area contributed by atoms with E-state index in [1.165, 1.54) is 0 Å². The van der Waals surface area contributed by atoms with Crippen LogP contribution >= 0.6 is 0 Å². The normalized spacial score (nSPS) is 14.3. The van der Waals surface area contributed by atoms with Crippen LogP contribution in [0, 0.1) is 13.8 Å². The Labute approximate surface area is 168 Å². The van der Waals surface area contributed by atoms with Gasteiger partial charge in [0, 0.05) is 11.6 Å². The number of fused-ring (bicyclic) bond motifs is 1. The molecule has 0 bridgehead atoms. The molecule has 1 amide bonds. The van der Waals surface area contributed by atoms with E-state index in [-0.39, 0.29) is 29.8 Å². The first-order chi connectivity index (χ1) is 14.0. The molecule has 4 rings (SSSR count). The van der Waals surface area contributed by atoms with Crippen molar-refractivity contribution in [2.45, 2.75) is 45.6 Å². The minimum Gasteiger partial charge on any atom is -0.452 e. The molecule has 0 aliphatic heterocycles. The number of nitrogens with one attached hydrogen (secondary N) is 1. The van der Waals surface area contributed by atoms with E-state index in [9.17, 15) is 9.59 Å².